The maximum atomic E-state index is 5.60. The molecule has 0 bridgehead atoms. The van der Waals surface area contributed by atoms with Crippen LogP contribution in [0, 0.1) is 0 Å². The lowest BCUT2D eigenvalue weighted by molar-refractivity contribution is -0.0237. The zero-order valence-electron chi connectivity index (χ0n) is 10.6. The van der Waals surface area contributed by atoms with Crippen LogP contribution in [-0.2, 0) is 9.57 Å². The highest BCUT2D eigenvalue weighted by Gasteiger charge is 2.43. The van der Waals surface area contributed by atoms with Gasteiger partial charge in [0.2, 0.25) is 0 Å². The number of hydrogen-bond donors (Lipinski definition) is 0. The van der Waals surface area contributed by atoms with E-state index >= 15 is 0 Å². The van der Waals surface area contributed by atoms with Gasteiger partial charge in [0.1, 0.15) is 13.2 Å². The summed E-state index contributed by atoms with van der Waals surface area (Å²) in [5, 5.41) is 4.23. The third kappa shape index (κ3) is 1.85. The van der Waals surface area contributed by atoms with Crippen molar-refractivity contribution in [2.24, 2.45) is 5.16 Å². The SMILES string of the molecule is c1cc2c(cc1C1=NOC3(CCOC3)C1)OCCO2. The molecule has 0 aromatic heterocycles. The van der Waals surface area contributed by atoms with Crippen LogP contribution in [0.2, 0.25) is 0 Å². The van der Waals surface area contributed by atoms with Gasteiger partial charge in [-0.25, -0.2) is 0 Å². The molecule has 1 fully saturated rings. The first kappa shape index (κ1) is 11.1. The van der Waals surface area contributed by atoms with Crippen LogP contribution in [0.4, 0.5) is 0 Å². The van der Waals surface area contributed by atoms with E-state index in [1.165, 1.54) is 0 Å². The van der Waals surface area contributed by atoms with Crippen LogP contribution in [0.3, 0.4) is 0 Å². The largest absolute Gasteiger partial charge is 0.486 e. The molecule has 0 radical (unpaired) electrons. The molecule has 1 atom stereocenters. The van der Waals surface area contributed by atoms with Crippen LogP contribution in [0.5, 0.6) is 11.5 Å². The number of hydrogen-bond acceptors (Lipinski definition) is 5. The Bertz CT molecular complexity index is 534. The number of fused-ring (bicyclic) bond motifs is 1. The number of rotatable bonds is 1. The van der Waals surface area contributed by atoms with Crippen LogP contribution >= 0.6 is 0 Å². The first-order valence-corrected chi connectivity index (χ1v) is 6.58. The zero-order chi connectivity index (χ0) is 12.7. The van der Waals surface area contributed by atoms with E-state index in [-0.39, 0.29) is 5.60 Å². The predicted octanol–water partition coefficient (Wildman–Crippen LogP) is 1.74. The van der Waals surface area contributed by atoms with Crippen molar-refractivity contribution in [1.29, 1.82) is 0 Å². The molecule has 1 saturated heterocycles. The molecular weight excluding hydrogens is 246 g/mol. The molecule has 1 aromatic rings. The molecule has 4 rings (SSSR count). The molecular formula is C14H15NO4. The Morgan fingerprint density at radius 1 is 1.05 bits per heavy atom. The lowest BCUT2D eigenvalue weighted by atomic mass is 9.93. The minimum absolute atomic E-state index is 0.234. The molecule has 1 aromatic carbocycles. The molecule has 100 valence electrons. The molecule has 1 unspecified atom stereocenters. The van der Waals surface area contributed by atoms with Crippen molar-refractivity contribution < 1.29 is 19.0 Å². The highest BCUT2D eigenvalue weighted by atomic mass is 16.7. The summed E-state index contributed by atoms with van der Waals surface area (Å²) in [5.41, 5.74) is 1.76. The number of benzene rings is 1. The Balaban J connectivity index is 1.60. The van der Waals surface area contributed by atoms with Gasteiger partial charge in [-0.15, -0.1) is 0 Å². The van der Waals surface area contributed by atoms with E-state index in [4.69, 9.17) is 19.0 Å². The first-order chi connectivity index (χ1) is 9.35. The quantitative estimate of drug-likeness (QED) is 0.772. The van der Waals surface area contributed by atoms with E-state index in [1.54, 1.807) is 0 Å². The van der Waals surface area contributed by atoms with Gasteiger partial charge in [-0.1, -0.05) is 5.16 Å². The summed E-state index contributed by atoms with van der Waals surface area (Å²) in [6, 6.07) is 5.92. The standard InChI is InChI=1S/C14H15NO4/c1-2-12-13(18-6-5-17-12)7-10(1)11-8-14(19-15-11)3-4-16-9-14/h1-2,7H,3-6,8-9H2. The Morgan fingerprint density at radius 2 is 1.95 bits per heavy atom. The zero-order valence-corrected chi connectivity index (χ0v) is 10.6. The minimum Gasteiger partial charge on any atom is -0.486 e. The van der Waals surface area contributed by atoms with Crippen LogP contribution < -0.4 is 9.47 Å². The molecule has 5 heteroatoms. The van der Waals surface area contributed by atoms with Crippen molar-refractivity contribution in [3.63, 3.8) is 0 Å². The average Bonchev–Trinajstić information content (AvgIpc) is 3.09. The minimum atomic E-state index is -0.234. The van der Waals surface area contributed by atoms with Crippen LogP contribution in [-0.4, -0.2) is 37.7 Å². The molecule has 3 heterocycles. The fourth-order valence-corrected chi connectivity index (χ4v) is 2.70. The Labute approximate surface area is 111 Å². The molecule has 0 aliphatic carbocycles. The second-order valence-electron chi connectivity index (χ2n) is 5.15. The fraction of sp³-hybridized carbons (Fsp3) is 0.500. The molecule has 3 aliphatic rings. The van der Waals surface area contributed by atoms with E-state index in [0.717, 1.165) is 42.2 Å². The van der Waals surface area contributed by atoms with E-state index in [2.05, 4.69) is 5.16 Å². The molecule has 3 aliphatic heterocycles. The van der Waals surface area contributed by atoms with Crippen molar-refractivity contribution in [3.8, 4) is 11.5 Å². The summed E-state index contributed by atoms with van der Waals surface area (Å²) in [4.78, 5) is 5.60. The lowest BCUT2D eigenvalue weighted by Gasteiger charge is -2.19. The average molecular weight is 261 g/mol. The van der Waals surface area contributed by atoms with Crippen molar-refractivity contribution in [2.75, 3.05) is 26.4 Å². The van der Waals surface area contributed by atoms with Crippen LogP contribution in [0.1, 0.15) is 18.4 Å². The second kappa shape index (κ2) is 4.13. The molecule has 1 spiro atoms. The highest BCUT2D eigenvalue weighted by Crippen LogP contribution is 2.36. The van der Waals surface area contributed by atoms with Crippen LogP contribution in [0.15, 0.2) is 23.4 Å². The lowest BCUT2D eigenvalue weighted by Crippen LogP contribution is -2.29. The third-order valence-corrected chi connectivity index (χ3v) is 3.78. The van der Waals surface area contributed by atoms with Gasteiger partial charge >= 0.3 is 0 Å². The van der Waals surface area contributed by atoms with Gasteiger partial charge in [-0.2, -0.15) is 0 Å². The van der Waals surface area contributed by atoms with Crippen molar-refractivity contribution in [2.45, 2.75) is 18.4 Å². The van der Waals surface area contributed by atoms with Crippen LogP contribution in [0.25, 0.3) is 0 Å². The van der Waals surface area contributed by atoms with E-state index in [0.29, 0.717) is 19.8 Å². The summed E-state index contributed by atoms with van der Waals surface area (Å²) < 4.78 is 16.5. The normalized spacial score (nSPS) is 28.3. The van der Waals surface area contributed by atoms with Gasteiger partial charge in [0.05, 0.1) is 18.9 Å². The maximum Gasteiger partial charge on any atom is 0.168 e. The van der Waals surface area contributed by atoms with Crippen molar-refractivity contribution >= 4 is 5.71 Å². The Kier molecular flexibility index (Phi) is 2.41. The topological polar surface area (TPSA) is 49.3 Å². The monoisotopic (exact) mass is 261 g/mol. The Morgan fingerprint density at radius 3 is 2.79 bits per heavy atom. The third-order valence-electron chi connectivity index (χ3n) is 3.78. The highest BCUT2D eigenvalue weighted by molar-refractivity contribution is 6.02. The van der Waals surface area contributed by atoms with E-state index < -0.39 is 0 Å². The van der Waals surface area contributed by atoms with Gasteiger partial charge in [0.25, 0.3) is 0 Å². The molecule has 0 saturated carbocycles. The van der Waals surface area contributed by atoms with Gasteiger partial charge in [0.15, 0.2) is 17.1 Å². The molecule has 0 amide bonds. The number of nitrogens with zero attached hydrogens (tertiary/aromatic N) is 1. The van der Waals surface area contributed by atoms with E-state index in [1.807, 2.05) is 18.2 Å². The first-order valence-electron chi connectivity index (χ1n) is 6.58. The van der Waals surface area contributed by atoms with E-state index in [9.17, 15) is 0 Å². The van der Waals surface area contributed by atoms with Gasteiger partial charge in [-0.05, 0) is 18.2 Å². The van der Waals surface area contributed by atoms with Gasteiger partial charge < -0.3 is 19.0 Å². The molecule has 0 N–H and O–H groups in total. The number of oxime groups is 1. The van der Waals surface area contributed by atoms with Crippen molar-refractivity contribution in [1.82, 2.24) is 0 Å². The number of ether oxygens (including phenoxy) is 3. The van der Waals surface area contributed by atoms with Gasteiger partial charge in [-0.3, -0.25) is 0 Å². The second-order valence-corrected chi connectivity index (χ2v) is 5.15. The molecule has 5 nitrogen and oxygen atoms in total. The predicted molar refractivity (Wildman–Crippen MR) is 67.8 cm³/mol. The Hall–Kier alpha value is -1.75. The summed E-state index contributed by atoms with van der Waals surface area (Å²) in [5.74, 6) is 1.59. The smallest absolute Gasteiger partial charge is 0.168 e. The van der Waals surface area contributed by atoms with Crippen molar-refractivity contribution in [3.05, 3.63) is 23.8 Å². The maximum absolute atomic E-state index is 5.60. The summed E-state index contributed by atoms with van der Waals surface area (Å²) in [7, 11) is 0. The summed E-state index contributed by atoms with van der Waals surface area (Å²) >= 11 is 0. The molecule has 19 heavy (non-hydrogen) atoms. The van der Waals surface area contributed by atoms with Gasteiger partial charge in [0, 0.05) is 18.4 Å². The summed E-state index contributed by atoms with van der Waals surface area (Å²) in [6.07, 6.45) is 1.71. The summed E-state index contributed by atoms with van der Waals surface area (Å²) in [6.45, 7) is 2.59. The fourth-order valence-electron chi connectivity index (χ4n) is 2.70.